The van der Waals surface area contributed by atoms with Gasteiger partial charge in [-0.25, -0.2) is 9.59 Å². The zero-order valence-electron chi connectivity index (χ0n) is 18.7. The summed E-state index contributed by atoms with van der Waals surface area (Å²) in [6.07, 6.45) is -0.467. The van der Waals surface area contributed by atoms with E-state index in [1.165, 1.54) is 7.11 Å². The van der Waals surface area contributed by atoms with Crippen LogP contribution in [-0.2, 0) is 14.9 Å². The molecule has 0 bridgehead atoms. The number of benzene rings is 1. The van der Waals surface area contributed by atoms with E-state index in [-0.39, 0.29) is 10.8 Å². The third-order valence-electron chi connectivity index (χ3n) is 3.98. The van der Waals surface area contributed by atoms with Crippen LogP contribution in [0.1, 0.15) is 71.3 Å². The van der Waals surface area contributed by atoms with E-state index in [0.29, 0.717) is 24.5 Å². The number of ether oxygens (including phenoxy) is 3. The minimum atomic E-state index is -0.548. The van der Waals surface area contributed by atoms with Crippen LogP contribution in [-0.4, -0.2) is 37.9 Å². The van der Waals surface area contributed by atoms with Crippen LogP contribution in [0.25, 0.3) is 0 Å². The molecule has 1 amide bonds. The number of rotatable bonds is 6. The van der Waals surface area contributed by atoms with E-state index in [9.17, 15) is 9.59 Å². The second kappa shape index (κ2) is 8.84. The average Bonchev–Trinajstić information content (AvgIpc) is 2.55. The molecule has 0 saturated carbocycles. The number of esters is 1. The fraction of sp³-hybridized carbons (Fsp3) is 0.636. The predicted molar refractivity (Wildman–Crippen MR) is 110 cm³/mol. The van der Waals surface area contributed by atoms with Crippen molar-refractivity contribution in [2.75, 3.05) is 20.3 Å². The summed E-state index contributed by atoms with van der Waals surface area (Å²) < 4.78 is 16.1. The Morgan fingerprint density at radius 3 is 2.11 bits per heavy atom. The van der Waals surface area contributed by atoms with Gasteiger partial charge in [-0.3, -0.25) is 0 Å². The molecule has 0 unspecified atom stereocenters. The second-order valence-electron chi connectivity index (χ2n) is 9.76. The monoisotopic (exact) mass is 393 g/mol. The highest BCUT2D eigenvalue weighted by Gasteiger charge is 2.25. The van der Waals surface area contributed by atoms with Gasteiger partial charge in [0.05, 0.1) is 13.7 Å². The summed E-state index contributed by atoms with van der Waals surface area (Å²) in [4.78, 5) is 24.0. The van der Waals surface area contributed by atoms with E-state index >= 15 is 0 Å². The van der Waals surface area contributed by atoms with Gasteiger partial charge in [-0.15, -0.1) is 0 Å². The number of carbonyl (C=O) groups is 2. The number of hydrogen-bond donors (Lipinski definition) is 1. The van der Waals surface area contributed by atoms with Gasteiger partial charge >= 0.3 is 12.1 Å². The van der Waals surface area contributed by atoms with Crippen LogP contribution in [0.4, 0.5) is 4.79 Å². The van der Waals surface area contributed by atoms with Crippen LogP contribution in [0.15, 0.2) is 18.2 Å². The third-order valence-corrected chi connectivity index (χ3v) is 3.98. The van der Waals surface area contributed by atoms with Gasteiger partial charge < -0.3 is 19.5 Å². The Morgan fingerprint density at radius 1 is 1.00 bits per heavy atom. The van der Waals surface area contributed by atoms with Crippen molar-refractivity contribution in [2.45, 2.75) is 66.4 Å². The summed E-state index contributed by atoms with van der Waals surface area (Å²) in [6, 6.07) is 5.52. The molecule has 0 heterocycles. The first kappa shape index (κ1) is 23.8. The van der Waals surface area contributed by atoms with Crippen molar-refractivity contribution in [3.8, 4) is 5.75 Å². The number of alkyl carbamates (subject to hydrolysis) is 1. The van der Waals surface area contributed by atoms with Crippen molar-refractivity contribution in [3.05, 3.63) is 29.3 Å². The van der Waals surface area contributed by atoms with Crippen LogP contribution in [0, 0.1) is 5.41 Å². The molecule has 1 aromatic rings. The minimum absolute atomic E-state index is 0.0828. The Hall–Kier alpha value is -2.24. The highest BCUT2D eigenvalue weighted by atomic mass is 16.6. The molecule has 0 atom stereocenters. The number of amides is 1. The maximum Gasteiger partial charge on any atom is 0.407 e. The smallest absolute Gasteiger partial charge is 0.407 e. The number of methoxy groups -OCH3 is 1. The van der Waals surface area contributed by atoms with Crippen molar-refractivity contribution in [1.29, 1.82) is 0 Å². The number of hydrogen-bond acceptors (Lipinski definition) is 5. The first-order chi connectivity index (χ1) is 12.6. The molecule has 158 valence electrons. The summed E-state index contributed by atoms with van der Waals surface area (Å²) >= 11 is 0. The molecule has 0 aliphatic rings. The van der Waals surface area contributed by atoms with E-state index in [1.54, 1.807) is 6.07 Å². The van der Waals surface area contributed by atoms with Crippen molar-refractivity contribution < 1.29 is 23.8 Å². The Kier molecular flexibility index (Phi) is 7.52. The SMILES string of the molecule is COC(=O)c1ccc(C(C)(C)C)cc1OCC(C)(C)CNC(=O)OC(C)(C)C. The lowest BCUT2D eigenvalue weighted by Gasteiger charge is -2.27. The lowest BCUT2D eigenvalue weighted by Crippen LogP contribution is -2.40. The number of carbonyl (C=O) groups excluding carboxylic acids is 2. The van der Waals surface area contributed by atoms with E-state index < -0.39 is 17.7 Å². The molecule has 0 aliphatic carbocycles. The lowest BCUT2D eigenvalue weighted by molar-refractivity contribution is 0.0492. The standard InChI is InChI=1S/C22H35NO5/c1-20(2,3)15-10-11-16(18(24)26-9)17(12-15)27-14-22(7,8)13-23-19(25)28-21(4,5)6/h10-12H,13-14H2,1-9H3,(H,23,25). The quantitative estimate of drug-likeness (QED) is 0.709. The van der Waals surface area contributed by atoms with Crippen molar-refractivity contribution in [1.82, 2.24) is 5.32 Å². The molecule has 1 aromatic carbocycles. The van der Waals surface area contributed by atoms with E-state index in [1.807, 2.05) is 46.8 Å². The van der Waals surface area contributed by atoms with E-state index in [2.05, 4.69) is 26.1 Å². The highest BCUT2D eigenvalue weighted by molar-refractivity contribution is 5.92. The summed E-state index contributed by atoms with van der Waals surface area (Å²) in [7, 11) is 1.35. The van der Waals surface area contributed by atoms with Gasteiger partial charge in [0.15, 0.2) is 0 Å². The topological polar surface area (TPSA) is 73.9 Å². The molecule has 0 aromatic heterocycles. The molecular weight excluding hydrogens is 358 g/mol. The normalized spacial score (nSPS) is 12.3. The molecular formula is C22H35NO5. The van der Waals surface area contributed by atoms with Crippen molar-refractivity contribution >= 4 is 12.1 Å². The maximum absolute atomic E-state index is 12.1. The first-order valence-electron chi connectivity index (χ1n) is 9.47. The summed E-state index contributed by atoms with van der Waals surface area (Å²) in [5.41, 5.74) is 0.432. The average molecular weight is 394 g/mol. The van der Waals surface area contributed by atoms with E-state index in [0.717, 1.165) is 5.56 Å². The predicted octanol–water partition coefficient (Wildman–Crippen LogP) is 4.70. The fourth-order valence-corrected chi connectivity index (χ4v) is 2.34. The molecule has 0 fully saturated rings. The van der Waals surface area contributed by atoms with Crippen LogP contribution in [0.5, 0.6) is 5.75 Å². The second-order valence-corrected chi connectivity index (χ2v) is 9.76. The molecule has 6 heteroatoms. The van der Waals surface area contributed by atoms with Crippen LogP contribution in [0.3, 0.4) is 0 Å². The minimum Gasteiger partial charge on any atom is -0.492 e. The van der Waals surface area contributed by atoms with Crippen LogP contribution in [0.2, 0.25) is 0 Å². The third kappa shape index (κ3) is 7.79. The van der Waals surface area contributed by atoms with Gasteiger partial charge in [0.2, 0.25) is 0 Å². The van der Waals surface area contributed by atoms with Crippen LogP contribution < -0.4 is 10.1 Å². The van der Waals surface area contributed by atoms with Gasteiger partial charge in [-0.05, 0) is 43.9 Å². The Bertz CT molecular complexity index is 696. The maximum atomic E-state index is 12.1. The molecule has 28 heavy (non-hydrogen) atoms. The zero-order valence-corrected chi connectivity index (χ0v) is 18.7. The fourth-order valence-electron chi connectivity index (χ4n) is 2.34. The Morgan fingerprint density at radius 2 is 1.61 bits per heavy atom. The Balaban J connectivity index is 2.88. The molecule has 0 radical (unpaired) electrons. The summed E-state index contributed by atoms with van der Waals surface area (Å²) in [5, 5.41) is 2.77. The first-order valence-corrected chi connectivity index (χ1v) is 9.47. The van der Waals surface area contributed by atoms with Gasteiger partial charge in [0.1, 0.15) is 16.9 Å². The van der Waals surface area contributed by atoms with Gasteiger partial charge in [0.25, 0.3) is 0 Å². The van der Waals surface area contributed by atoms with E-state index in [4.69, 9.17) is 14.2 Å². The number of nitrogens with one attached hydrogen (secondary N) is 1. The highest BCUT2D eigenvalue weighted by Crippen LogP contribution is 2.30. The largest absolute Gasteiger partial charge is 0.492 e. The molecule has 0 saturated heterocycles. The van der Waals surface area contributed by atoms with Gasteiger partial charge in [-0.2, -0.15) is 0 Å². The van der Waals surface area contributed by atoms with Gasteiger partial charge in [0, 0.05) is 12.0 Å². The molecule has 0 spiro atoms. The lowest BCUT2D eigenvalue weighted by atomic mass is 9.86. The Labute approximate surface area is 168 Å². The summed E-state index contributed by atoms with van der Waals surface area (Å²) in [6.45, 7) is 16.3. The molecule has 1 N–H and O–H groups in total. The molecule has 1 rings (SSSR count). The molecule has 6 nitrogen and oxygen atoms in total. The van der Waals surface area contributed by atoms with Crippen molar-refractivity contribution in [2.24, 2.45) is 5.41 Å². The zero-order chi connectivity index (χ0) is 21.8. The van der Waals surface area contributed by atoms with Gasteiger partial charge in [-0.1, -0.05) is 40.7 Å². The van der Waals surface area contributed by atoms with Crippen molar-refractivity contribution in [3.63, 3.8) is 0 Å². The summed E-state index contributed by atoms with van der Waals surface area (Å²) in [5.74, 6) is 0.0322. The van der Waals surface area contributed by atoms with Crippen LogP contribution >= 0.6 is 0 Å². The molecule has 0 aliphatic heterocycles.